The molecule has 3 rings (SSSR count). The SMILES string of the molecule is O=C(CCc1ccccc1)N1CCOC2CCCCC21. The number of nitrogens with zero attached hydrogens (tertiary/aromatic N) is 1. The van der Waals surface area contributed by atoms with Crippen molar-refractivity contribution in [3.63, 3.8) is 0 Å². The predicted molar refractivity (Wildman–Crippen MR) is 78.5 cm³/mol. The van der Waals surface area contributed by atoms with Crippen molar-refractivity contribution in [2.75, 3.05) is 13.2 Å². The average molecular weight is 273 g/mol. The largest absolute Gasteiger partial charge is 0.374 e. The van der Waals surface area contributed by atoms with Crippen molar-refractivity contribution in [3.8, 4) is 0 Å². The number of fused-ring (bicyclic) bond motifs is 1. The first-order valence-electron chi connectivity index (χ1n) is 7.79. The van der Waals surface area contributed by atoms with Gasteiger partial charge in [0.1, 0.15) is 0 Å². The summed E-state index contributed by atoms with van der Waals surface area (Å²) in [5.74, 6) is 0.300. The highest BCUT2D eigenvalue weighted by Gasteiger charge is 2.36. The maximum Gasteiger partial charge on any atom is 0.223 e. The molecule has 1 saturated carbocycles. The van der Waals surface area contributed by atoms with Gasteiger partial charge in [0.15, 0.2) is 0 Å². The number of benzene rings is 1. The van der Waals surface area contributed by atoms with Gasteiger partial charge in [-0.05, 0) is 24.8 Å². The van der Waals surface area contributed by atoms with Crippen molar-refractivity contribution in [2.45, 2.75) is 50.7 Å². The molecule has 2 unspecified atom stereocenters. The molecule has 3 nitrogen and oxygen atoms in total. The minimum absolute atomic E-state index is 0.290. The van der Waals surface area contributed by atoms with E-state index < -0.39 is 0 Å². The molecule has 108 valence electrons. The standard InChI is InChI=1S/C17H23NO2/c19-17(11-10-14-6-2-1-3-7-14)18-12-13-20-16-9-5-4-8-15(16)18/h1-3,6-7,15-16H,4-5,8-13H2. The molecule has 1 saturated heterocycles. The minimum atomic E-state index is 0.290. The second kappa shape index (κ2) is 6.40. The Morgan fingerprint density at radius 3 is 2.85 bits per heavy atom. The van der Waals surface area contributed by atoms with Gasteiger partial charge in [-0.25, -0.2) is 0 Å². The number of morpholine rings is 1. The van der Waals surface area contributed by atoms with Gasteiger partial charge in [0.2, 0.25) is 5.91 Å². The van der Waals surface area contributed by atoms with E-state index in [0.717, 1.165) is 25.8 Å². The Balaban J connectivity index is 1.58. The third-order valence-electron chi connectivity index (χ3n) is 4.52. The van der Waals surface area contributed by atoms with Crippen LogP contribution in [0.2, 0.25) is 0 Å². The molecule has 2 aliphatic rings. The van der Waals surface area contributed by atoms with Crippen molar-refractivity contribution in [1.82, 2.24) is 4.90 Å². The van der Waals surface area contributed by atoms with Crippen LogP contribution in [0.4, 0.5) is 0 Å². The summed E-state index contributed by atoms with van der Waals surface area (Å²) in [4.78, 5) is 14.6. The van der Waals surface area contributed by atoms with E-state index in [1.807, 2.05) is 18.2 Å². The summed E-state index contributed by atoms with van der Waals surface area (Å²) in [5, 5.41) is 0. The molecule has 1 aliphatic carbocycles. The van der Waals surface area contributed by atoms with Gasteiger partial charge in [0, 0.05) is 13.0 Å². The zero-order valence-electron chi connectivity index (χ0n) is 12.0. The molecule has 1 heterocycles. The van der Waals surface area contributed by atoms with Crippen LogP contribution in [0.25, 0.3) is 0 Å². The molecule has 1 aromatic rings. The van der Waals surface area contributed by atoms with Crippen molar-refractivity contribution < 1.29 is 9.53 Å². The van der Waals surface area contributed by atoms with Crippen LogP contribution in [0.5, 0.6) is 0 Å². The summed E-state index contributed by atoms with van der Waals surface area (Å²) in [5.41, 5.74) is 1.24. The quantitative estimate of drug-likeness (QED) is 0.847. The Labute approximate surface area is 120 Å². The van der Waals surface area contributed by atoms with Gasteiger partial charge in [-0.1, -0.05) is 43.2 Å². The van der Waals surface area contributed by atoms with E-state index in [1.165, 1.54) is 18.4 Å². The molecular formula is C17H23NO2. The highest BCUT2D eigenvalue weighted by molar-refractivity contribution is 5.77. The monoisotopic (exact) mass is 273 g/mol. The summed E-state index contributed by atoms with van der Waals surface area (Å²) in [6, 6.07) is 10.6. The number of hydrogen-bond donors (Lipinski definition) is 0. The zero-order chi connectivity index (χ0) is 13.8. The molecule has 1 aliphatic heterocycles. The van der Waals surface area contributed by atoms with Gasteiger partial charge >= 0.3 is 0 Å². The molecule has 0 spiro atoms. The number of ether oxygens (including phenoxy) is 1. The number of rotatable bonds is 3. The van der Waals surface area contributed by atoms with Crippen LogP contribution in [0, 0.1) is 0 Å². The molecule has 0 bridgehead atoms. The molecule has 20 heavy (non-hydrogen) atoms. The zero-order valence-corrected chi connectivity index (χ0v) is 12.0. The lowest BCUT2D eigenvalue weighted by Gasteiger charge is -2.43. The first-order chi connectivity index (χ1) is 9.84. The average Bonchev–Trinajstić information content (AvgIpc) is 2.53. The van der Waals surface area contributed by atoms with Crippen molar-refractivity contribution in [2.24, 2.45) is 0 Å². The molecule has 1 aromatic carbocycles. The van der Waals surface area contributed by atoms with Crippen LogP contribution in [0.15, 0.2) is 30.3 Å². The minimum Gasteiger partial charge on any atom is -0.374 e. The van der Waals surface area contributed by atoms with Crippen LogP contribution in [0.1, 0.15) is 37.7 Å². The van der Waals surface area contributed by atoms with Gasteiger partial charge in [-0.2, -0.15) is 0 Å². The highest BCUT2D eigenvalue weighted by atomic mass is 16.5. The lowest BCUT2D eigenvalue weighted by atomic mass is 9.90. The summed E-state index contributed by atoms with van der Waals surface area (Å²) in [7, 11) is 0. The summed E-state index contributed by atoms with van der Waals surface area (Å²) >= 11 is 0. The third kappa shape index (κ3) is 3.04. The van der Waals surface area contributed by atoms with Crippen LogP contribution >= 0.6 is 0 Å². The number of amides is 1. The molecular weight excluding hydrogens is 250 g/mol. The number of hydrogen-bond acceptors (Lipinski definition) is 2. The van der Waals surface area contributed by atoms with E-state index in [1.54, 1.807) is 0 Å². The van der Waals surface area contributed by atoms with E-state index in [2.05, 4.69) is 17.0 Å². The van der Waals surface area contributed by atoms with Crippen molar-refractivity contribution in [3.05, 3.63) is 35.9 Å². The van der Waals surface area contributed by atoms with Gasteiger partial charge in [-0.3, -0.25) is 4.79 Å². The lowest BCUT2D eigenvalue weighted by Crippen LogP contribution is -2.54. The Kier molecular flexibility index (Phi) is 4.36. The van der Waals surface area contributed by atoms with Gasteiger partial charge < -0.3 is 9.64 Å². The van der Waals surface area contributed by atoms with E-state index >= 15 is 0 Å². The fraction of sp³-hybridized carbons (Fsp3) is 0.588. The van der Waals surface area contributed by atoms with E-state index in [9.17, 15) is 4.79 Å². The smallest absolute Gasteiger partial charge is 0.223 e. The summed E-state index contributed by atoms with van der Waals surface area (Å²) in [6.07, 6.45) is 6.45. The second-order valence-electron chi connectivity index (χ2n) is 5.83. The van der Waals surface area contributed by atoms with Gasteiger partial charge in [0.05, 0.1) is 18.8 Å². The molecule has 0 radical (unpaired) electrons. The van der Waals surface area contributed by atoms with Crippen LogP contribution < -0.4 is 0 Å². The molecule has 2 atom stereocenters. The Hall–Kier alpha value is -1.35. The molecule has 3 heteroatoms. The summed E-state index contributed by atoms with van der Waals surface area (Å²) in [6.45, 7) is 1.48. The Bertz CT molecular complexity index is 444. The third-order valence-corrected chi connectivity index (χ3v) is 4.52. The van der Waals surface area contributed by atoms with Gasteiger partial charge in [-0.15, -0.1) is 0 Å². The van der Waals surface area contributed by atoms with Crippen LogP contribution in [-0.4, -0.2) is 36.1 Å². The molecule has 0 N–H and O–H groups in total. The van der Waals surface area contributed by atoms with E-state index in [4.69, 9.17) is 4.74 Å². The Morgan fingerprint density at radius 2 is 2.00 bits per heavy atom. The van der Waals surface area contributed by atoms with E-state index in [-0.39, 0.29) is 6.10 Å². The first-order valence-corrected chi connectivity index (χ1v) is 7.79. The molecule has 0 aromatic heterocycles. The van der Waals surface area contributed by atoms with Crippen molar-refractivity contribution >= 4 is 5.91 Å². The highest BCUT2D eigenvalue weighted by Crippen LogP contribution is 2.28. The fourth-order valence-corrected chi connectivity index (χ4v) is 3.45. The maximum absolute atomic E-state index is 12.5. The molecule has 1 amide bonds. The summed E-state index contributed by atoms with van der Waals surface area (Å²) < 4.78 is 5.83. The number of aryl methyl sites for hydroxylation is 1. The second-order valence-corrected chi connectivity index (χ2v) is 5.83. The fourth-order valence-electron chi connectivity index (χ4n) is 3.45. The van der Waals surface area contributed by atoms with Crippen LogP contribution in [0.3, 0.4) is 0 Å². The number of carbonyl (C=O) groups excluding carboxylic acids is 1. The normalized spacial score (nSPS) is 26.1. The first kappa shape index (κ1) is 13.6. The van der Waals surface area contributed by atoms with E-state index in [0.29, 0.717) is 25.0 Å². The number of carbonyl (C=O) groups is 1. The van der Waals surface area contributed by atoms with Crippen LogP contribution in [-0.2, 0) is 16.0 Å². The predicted octanol–water partition coefficient (Wildman–Crippen LogP) is 2.79. The molecule has 2 fully saturated rings. The van der Waals surface area contributed by atoms with Gasteiger partial charge in [0.25, 0.3) is 0 Å². The van der Waals surface area contributed by atoms with Crippen molar-refractivity contribution in [1.29, 1.82) is 0 Å². The maximum atomic E-state index is 12.5. The topological polar surface area (TPSA) is 29.5 Å². The lowest BCUT2D eigenvalue weighted by molar-refractivity contribution is -0.149. The Morgan fingerprint density at radius 1 is 1.20 bits per heavy atom.